The van der Waals surface area contributed by atoms with Crippen molar-refractivity contribution in [1.29, 1.82) is 0 Å². The van der Waals surface area contributed by atoms with Crippen LogP contribution in [0.3, 0.4) is 0 Å². The van der Waals surface area contributed by atoms with Crippen LogP contribution in [-0.2, 0) is 4.79 Å². The van der Waals surface area contributed by atoms with E-state index in [2.05, 4.69) is 10.3 Å². The topological polar surface area (TPSA) is 80.0 Å². The van der Waals surface area contributed by atoms with Gasteiger partial charge in [0.05, 0.1) is 6.20 Å². The molecule has 1 amide bonds. The van der Waals surface area contributed by atoms with Gasteiger partial charge in [0.2, 0.25) is 0 Å². The van der Waals surface area contributed by atoms with Gasteiger partial charge >= 0.3 is 0 Å². The van der Waals surface area contributed by atoms with Gasteiger partial charge < -0.3 is 0 Å². The Bertz CT molecular complexity index is 828. The Morgan fingerprint density at radius 3 is 2.38 bits per heavy atom. The van der Waals surface area contributed by atoms with Crippen LogP contribution in [0, 0.1) is 0 Å². The first-order valence-corrected chi connectivity index (χ1v) is 7.42. The van der Waals surface area contributed by atoms with E-state index in [1.54, 1.807) is 23.8 Å². The first-order chi connectivity index (χ1) is 11.8. The number of aromatic nitrogens is 3. The molecule has 0 aliphatic heterocycles. The van der Waals surface area contributed by atoms with Crippen LogP contribution in [0.25, 0.3) is 12.2 Å². The molecule has 0 saturated heterocycles. The van der Waals surface area contributed by atoms with Gasteiger partial charge in [-0.1, -0.05) is 72.0 Å². The molecule has 1 heterocycles. The molecule has 0 aliphatic carbocycles. The number of rotatable bonds is 5. The molecule has 1 aromatic heterocycles. The molecular weight excluding hydrogens is 304 g/mol. The lowest BCUT2D eigenvalue weighted by Crippen LogP contribution is -2.31. The number of amides is 1. The van der Waals surface area contributed by atoms with Crippen LogP contribution in [0.2, 0.25) is 0 Å². The third kappa shape index (κ3) is 3.56. The molecule has 24 heavy (non-hydrogen) atoms. The number of hydroxylamine groups is 1. The van der Waals surface area contributed by atoms with Crippen molar-refractivity contribution in [1.82, 2.24) is 20.5 Å². The maximum absolute atomic E-state index is 12.0. The van der Waals surface area contributed by atoms with Crippen molar-refractivity contribution in [2.24, 2.45) is 0 Å². The molecule has 3 rings (SSSR count). The van der Waals surface area contributed by atoms with Gasteiger partial charge in [0.1, 0.15) is 5.69 Å². The summed E-state index contributed by atoms with van der Waals surface area (Å²) in [6.07, 6.45) is 5.39. The quantitative estimate of drug-likeness (QED) is 0.559. The van der Waals surface area contributed by atoms with Gasteiger partial charge in [-0.05, 0) is 17.2 Å². The molecule has 3 aromatic rings. The number of carbonyl (C=O) groups is 1. The number of nitrogens with one attached hydrogen (secondary N) is 1. The summed E-state index contributed by atoms with van der Waals surface area (Å²) in [6.45, 7) is 0. The summed E-state index contributed by atoms with van der Waals surface area (Å²) >= 11 is 0. The highest BCUT2D eigenvalue weighted by atomic mass is 16.5. The molecule has 0 spiro atoms. The van der Waals surface area contributed by atoms with Crippen molar-refractivity contribution < 1.29 is 10.0 Å². The Balaban J connectivity index is 1.87. The molecular formula is C18H16N4O2. The Morgan fingerprint density at radius 1 is 1.04 bits per heavy atom. The predicted octanol–water partition coefficient (Wildman–Crippen LogP) is 2.54. The average molecular weight is 320 g/mol. The lowest BCUT2D eigenvalue weighted by molar-refractivity contribution is -0.131. The van der Waals surface area contributed by atoms with Crippen LogP contribution in [0.1, 0.15) is 22.9 Å². The fourth-order valence-corrected chi connectivity index (χ4v) is 2.36. The van der Waals surface area contributed by atoms with Crippen LogP contribution in [0.5, 0.6) is 0 Å². The van der Waals surface area contributed by atoms with Crippen molar-refractivity contribution in [3.05, 3.63) is 83.7 Å². The number of hydrogen-bond donors (Lipinski definition) is 2. The highest BCUT2D eigenvalue weighted by molar-refractivity contribution is 5.82. The zero-order chi connectivity index (χ0) is 16.8. The summed E-state index contributed by atoms with van der Waals surface area (Å²) in [4.78, 5) is 12.0. The van der Waals surface area contributed by atoms with Gasteiger partial charge in [0.15, 0.2) is 6.04 Å². The Labute approximate surface area is 139 Å². The standard InChI is InChI=1S/C18H16N4O2/c23-18(20-24)17(15-9-5-2-6-10-15)22-13-16(19-21-22)12-11-14-7-3-1-4-8-14/h1-13,17,24H,(H,20,23). The van der Waals surface area contributed by atoms with E-state index < -0.39 is 11.9 Å². The summed E-state index contributed by atoms with van der Waals surface area (Å²) in [5.41, 5.74) is 4.04. The predicted molar refractivity (Wildman–Crippen MR) is 89.9 cm³/mol. The maximum Gasteiger partial charge on any atom is 0.272 e. The van der Waals surface area contributed by atoms with Crippen molar-refractivity contribution in [2.45, 2.75) is 6.04 Å². The third-order valence-electron chi connectivity index (χ3n) is 3.51. The smallest absolute Gasteiger partial charge is 0.272 e. The van der Waals surface area contributed by atoms with Crippen molar-refractivity contribution in [3.8, 4) is 0 Å². The molecule has 0 bridgehead atoms. The summed E-state index contributed by atoms with van der Waals surface area (Å²) in [6, 6.07) is 18.1. The summed E-state index contributed by atoms with van der Waals surface area (Å²) in [5.74, 6) is -0.579. The van der Waals surface area contributed by atoms with E-state index in [4.69, 9.17) is 5.21 Å². The zero-order valence-corrected chi connectivity index (χ0v) is 12.8. The SMILES string of the molecule is O=C(NO)C(c1ccccc1)n1cc(C=Cc2ccccc2)nn1. The van der Waals surface area contributed by atoms with E-state index in [0.717, 1.165) is 5.56 Å². The Kier molecular flexibility index (Phi) is 4.78. The third-order valence-corrected chi connectivity index (χ3v) is 3.51. The first kappa shape index (κ1) is 15.6. The second-order valence-corrected chi connectivity index (χ2v) is 5.16. The molecule has 0 radical (unpaired) electrons. The first-order valence-electron chi connectivity index (χ1n) is 7.42. The van der Waals surface area contributed by atoms with E-state index in [0.29, 0.717) is 11.3 Å². The second-order valence-electron chi connectivity index (χ2n) is 5.16. The van der Waals surface area contributed by atoms with Gasteiger partial charge in [0.25, 0.3) is 5.91 Å². The minimum absolute atomic E-state index is 0.579. The molecule has 6 heteroatoms. The Morgan fingerprint density at radius 2 is 1.71 bits per heavy atom. The molecule has 0 aliphatic rings. The highest BCUT2D eigenvalue weighted by Crippen LogP contribution is 2.18. The molecule has 2 aromatic carbocycles. The summed E-state index contributed by atoms with van der Waals surface area (Å²) in [7, 11) is 0. The molecule has 120 valence electrons. The average Bonchev–Trinajstić information content (AvgIpc) is 3.10. The van der Waals surface area contributed by atoms with Gasteiger partial charge in [-0.25, -0.2) is 10.2 Å². The van der Waals surface area contributed by atoms with E-state index in [1.165, 1.54) is 4.68 Å². The van der Waals surface area contributed by atoms with Crippen LogP contribution >= 0.6 is 0 Å². The lowest BCUT2D eigenvalue weighted by Gasteiger charge is -2.14. The van der Waals surface area contributed by atoms with Gasteiger partial charge in [-0.3, -0.25) is 10.0 Å². The number of hydrogen-bond acceptors (Lipinski definition) is 4. The zero-order valence-electron chi connectivity index (χ0n) is 12.8. The lowest BCUT2D eigenvalue weighted by atomic mass is 10.1. The van der Waals surface area contributed by atoms with E-state index in [1.807, 2.05) is 60.7 Å². The Hall–Kier alpha value is -3.25. The van der Waals surface area contributed by atoms with E-state index in [9.17, 15) is 4.79 Å². The summed E-state index contributed by atoms with van der Waals surface area (Å²) in [5, 5.41) is 17.1. The van der Waals surface area contributed by atoms with Gasteiger partial charge in [-0.15, -0.1) is 5.10 Å². The maximum atomic E-state index is 12.0. The van der Waals surface area contributed by atoms with E-state index >= 15 is 0 Å². The minimum atomic E-state index is -0.789. The monoisotopic (exact) mass is 320 g/mol. The highest BCUT2D eigenvalue weighted by Gasteiger charge is 2.23. The van der Waals surface area contributed by atoms with Crippen LogP contribution in [0.4, 0.5) is 0 Å². The van der Waals surface area contributed by atoms with E-state index in [-0.39, 0.29) is 0 Å². The van der Waals surface area contributed by atoms with Crippen molar-refractivity contribution in [3.63, 3.8) is 0 Å². The number of carbonyl (C=O) groups excluding carboxylic acids is 1. The summed E-state index contributed by atoms with van der Waals surface area (Å²) < 4.78 is 1.42. The normalized spacial score (nSPS) is 12.2. The van der Waals surface area contributed by atoms with Gasteiger partial charge in [-0.2, -0.15) is 0 Å². The fourth-order valence-electron chi connectivity index (χ4n) is 2.36. The van der Waals surface area contributed by atoms with Crippen molar-refractivity contribution >= 4 is 18.1 Å². The van der Waals surface area contributed by atoms with Crippen molar-refractivity contribution in [2.75, 3.05) is 0 Å². The molecule has 6 nitrogen and oxygen atoms in total. The molecule has 1 atom stereocenters. The van der Waals surface area contributed by atoms with Crippen LogP contribution in [-0.4, -0.2) is 26.1 Å². The molecule has 1 unspecified atom stereocenters. The van der Waals surface area contributed by atoms with Crippen LogP contribution in [0.15, 0.2) is 66.9 Å². The van der Waals surface area contributed by atoms with Crippen LogP contribution < -0.4 is 5.48 Å². The fraction of sp³-hybridized carbons (Fsp3) is 0.0556. The molecule has 0 fully saturated rings. The minimum Gasteiger partial charge on any atom is -0.289 e. The molecule has 0 saturated carbocycles. The second kappa shape index (κ2) is 7.34. The number of benzene rings is 2. The largest absolute Gasteiger partial charge is 0.289 e. The number of nitrogens with zero attached hydrogens (tertiary/aromatic N) is 3. The van der Waals surface area contributed by atoms with Gasteiger partial charge in [0, 0.05) is 0 Å². The molecule has 2 N–H and O–H groups in total.